The molecule has 10 nitrogen and oxygen atoms in total. The average molecular weight is 438 g/mol. The maximum Gasteiger partial charge on any atom is 0.407 e. The minimum absolute atomic E-state index is 0.0208. The zero-order valence-electron chi connectivity index (χ0n) is 18.1. The Hall–Kier alpha value is -2.69. The van der Waals surface area contributed by atoms with Crippen molar-refractivity contribution in [3.63, 3.8) is 0 Å². The first-order chi connectivity index (χ1) is 14.7. The molecule has 0 aromatic heterocycles. The predicted octanol–water partition coefficient (Wildman–Crippen LogP) is 2.53. The van der Waals surface area contributed by atoms with Crippen LogP contribution in [-0.4, -0.2) is 73.0 Å². The number of likely N-dealkylation sites (tertiary alicyclic amines) is 1. The van der Waals surface area contributed by atoms with Gasteiger partial charge < -0.3 is 29.4 Å². The first kappa shape index (κ1) is 24.6. The van der Waals surface area contributed by atoms with Crippen molar-refractivity contribution >= 4 is 23.7 Å². The van der Waals surface area contributed by atoms with E-state index in [1.165, 1.54) is 29.2 Å². The first-order valence-electron chi connectivity index (χ1n) is 10.4. The van der Waals surface area contributed by atoms with Crippen molar-refractivity contribution in [1.82, 2.24) is 9.55 Å². The maximum absolute atomic E-state index is 13.4. The molecular formula is C21H30N2O8. The summed E-state index contributed by atoms with van der Waals surface area (Å²) >= 11 is 0. The summed E-state index contributed by atoms with van der Waals surface area (Å²) < 4.78 is 14.7. The second-order valence-electron chi connectivity index (χ2n) is 7.23. The zero-order valence-corrected chi connectivity index (χ0v) is 18.1. The van der Waals surface area contributed by atoms with Crippen molar-refractivity contribution in [3.8, 4) is 5.75 Å². The van der Waals surface area contributed by atoms with Crippen molar-refractivity contribution in [1.29, 1.82) is 0 Å². The Morgan fingerprint density at radius 1 is 1.19 bits per heavy atom. The lowest BCUT2D eigenvalue weighted by Gasteiger charge is -2.40. The fourth-order valence-electron chi connectivity index (χ4n) is 3.42. The molecule has 172 valence electrons. The van der Waals surface area contributed by atoms with Crippen LogP contribution in [0.4, 0.5) is 10.5 Å². The van der Waals surface area contributed by atoms with Crippen molar-refractivity contribution in [2.24, 2.45) is 0 Å². The van der Waals surface area contributed by atoms with Crippen LogP contribution in [0.3, 0.4) is 0 Å². The number of hydrogen-bond donors (Lipinski definition) is 1. The second kappa shape index (κ2) is 11.1. The Balaban J connectivity index is 1.99. The van der Waals surface area contributed by atoms with Gasteiger partial charge in [-0.3, -0.25) is 4.65 Å². The van der Waals surface area contributed by atoms with Gasteiger partial charge >= 0.3 is 18.0 Å². The fraction of sp³-hybridized carbons (Fsp3) is 0.571. The number of benzene rings is 1. The van der Waals surface area contributed by atoms with Crippen LogP contribution >= 0.6 is 0 Å². The molecule has 1 fully saturated rings. The van der Waals surface area contributed by atoms with E-state index in [2.05, 4.69) is 0 Å². The zero-order chi connectivity index (χ0) is 23.0. The highest BCUT2D eigenvalue weighted by Gasteiger charge is 2.36. The van der Waals surface area contributed by atoms with Crippen molar-refractivity contribution in [2.75, 3.05) is 32.8 Å². The molecule has 2 atom stereocenters. The number of hydroxylamine groups is 2. The third-order valence-electron chi connectivity index (χ3n) is 5.17. The lowest BCUT2D eigenvalue weighted by molar-refractivity contribution is -0.145. The fourth-order valence-corrected chi connectivity index (χ4v) is 3.42. The predicted molar refractivity (Wildman–Crippen MR) is 112 cm³/mol. The molecular weight excluding hydrogens is 408 g/mol. The van der Waals surface area contributed by atoms with Gasteiger partial charge in [0.1, 0.15) is 11.4 Å². The second-order valence-corrected chi connectivity index (χ2v) is 7.23. The summed E-state index contributed by atoms with van der Waals surface area (Å²) in [5.74, 6) is -0.755. The van der Waals surface area contributed by atoms with Crippen LogP contribution in [0.5, 0.6) is 5.75 Å². The highest BCUT2D eigenvalue weighted by molar-refractivity contribution is 5.92. The minimum Gasteiger partial charge on any atom is -0.620 e. The number of ether oxygens (including phenoxy) is 3. The molecule has 2 rings (SSSR count). The Bertz CT molecular complexity index is 761. The van der Waals surface area contributed by atoms with Crippen LogP contribution in [0.2, 0.25) is 0 Å². The number of esters is 1. The summed E-state index contributed by atoms with van der Waals surface area (Å²) in [5.41, 5.74) is 0.229. The molecule has 2 unspecified atom stereocenters. The lowest BCUT2D eigenvalue weighted by atomic mass is 10.1. The van der Waals surface area contributed by atoms with Gasteiger partial charge in [-0.15, -0.1) is 0 Å². The van der Waals surface area contributed by atoms with E-state index < -0.39 is 28.7 Å². The maximum atomic E-state index is 13.4. The summed E-state index contributed by atoms with van der Waals surface area (Å²) in [5, 5.41) is 22.4. The van der Waals surface area contributed by atoms with Crippen LogP contribution < -0.4 is 9.38 Å². The molecule has 0 bridgehead atoms. The Morgan fingerprint density at radius 3 is 2.32 bits per heavy atom. The molecule has 1 N–H and O–H groups in total. The molecule has 1 heterocycles. The smallest absolute Gasteiger partial charge is 0.407 e. The van der Waals surface area contributed by atoms with Crippen molar-refractivity contribution < 1.29 is 33.7 Å². The van der Waals surface area contributed by atoms with Gasteiger partial charge in [-0.05, 0) is 45.7 Å². The number of nitrogens with zero attached hydrogens (tertiary/aromatic N) is 2. The Labute approximate surface area is 181 Å². The van der Waals surface area contributed by atoms with Gasteiger partial charge in [0.05, 0.1) is 19.3 Å². The number of carbonyl (C=O) groups excluding carboxylic acids is 2. The molecule has 0 saturated carbocycles. The topological polar surface area (TPSA) is 125 Å². The highest BCUT2D eigenvalue weighted by Crippen LogP contribution is 2.27. The van der Waals surface area contributed by atoms with Gasteiger partial charge in [0, 0.05) is 25.2 Å². The number of likely N-dealkylation sites (N-methyl/N-ethyl adjacent to an activating group) is 1. The van der Waals surface area contributed by atoms with E-state index in [1.807, 2.05) is 0 Å². The Kier molecular flexibility index (Phi) is 8.78. The number of carbonyl (C=O) groups is 3. The van der Waals surface area contributed by atoms with Crippen molar-refractivity contribution in [2.45, 2.75) is 45.8 Å². The van der Waals surface area contributed by atoms with Crippen LogP contribution in [0.25, 0.3) is 0 Å². The molecule has 1 aliphatic heterocycles. The van der Waals surface area contributed by atoms with Crippen molar-refractivity contribution in [3.05, 3.63) is 29.5 Å². The number of quaternary nitrogens is 1. The Morgan fingerprint density at radius 2 is 1.81 bits per heavy atom. The lowest BCUT2D eigenvalue weighted by Crippen LogP contribution is -2.54. The molecule has 10 heteroatoms. The molecule has 0 aliphatic carbocycles. The van der Waals surface area contributed by atoms with Crippen LogP contribution in [-0.2, 0) is 19.1 Å². The van der Waals surface area contributed by atoms with Crippen LogP contribution in [0, 0.1) is 5.21 Å². The number of amides is 2. The van der Waals surface area contributed by atoms with Gasteiger partial charge in [-0.25, -0.2) is 14.4 Å². The highest BCUT2D eigenvalue weighted by atomic mass is 16.6. The van der Waals surface area contributed by atoms with Gasteiger partial charge in [-0.1, -0.05) is 0 Å². The van der Waals surface area contributed by atoms with Gasteiger partial charge in [0.25, 0.3) is 0 Å². The van der Waals surface area contributed by atoms with E-state index in [0.717, 1.165) is 0 Å². The number of hydrogen-bond acceptors (Lipinski definition) is 7. The summed E-state index contributed by atoms with van der Waals surface area (Å²) in [6.45, 7) is 5.52. The molecule has 0 radical (unpaired) electrons. The quantitative estimate of drug-likeness (QED) is 0.354. The van der Waals surface area contributed by atoms with E-state index in [0.29, 0.717) is 31.7 Å². The first-order valence-corrected chi connectivity index (χ1v) is 10.4. The summed E-state index contributed by atoms with van der Waals surface area (Å²) in [6.07, 6.45) is -1.25. The molecule has 31 heavy (non-hydrogen) atoms. The average Bonchev–Trinajstić information content (AvgIpc) is 2.77. The van der Waals surface area contributed by atoms with Gasteiger partial charge in [0.2, 0.25) is 0 Å². The number of carboxylic acid groups (broad SMARTS) is 1. The normalized spacial score (nSPS) is 17.5. The standard InChI is InChI=1S/C21H30N2O8/c1-4-23(28,16-6-8-17(9-7-16)30-14-19(24)29-5-2)20(25)15(3)31-18-10-12-22(13-11-18)21(26)27/h6-9,15,18H,4-5,10-14H2,1-3H3,(H,26,27). The van der Waals surface area contributed by atoms with E-state index >= 15 is 0 Å². The van der Waals surface area contributed by atoms with Gasteiger partial charge in [0.15, 0.2) is 12.7 Å². The largest absolute Gasteiger partial charge is 0.620 e. The van der Waals surface area contributed by atoms with E-state index in [9.17, 15) is 19.6 Å². The molecule has 1 aliphatic rings. The van der Waals surface area contributed by atoms with Gasteiger partial charge in [-0.2, -0.15) is 0 Å². The third-order valence-corrected chi connectivity index (χ3v) is 5.17. The summed E-state index contributed by atoms with van der Waals surface area (Å²) in [6, 6.07) is 6.03. The minimum atomic E-state index is -1.20. The summed E-state index contributed by atoms with van der Waals surface area (Å²) in [4.78, 5) is 36.6. The molecule has 1 saturated heterocycles. The molecule has 0 spiro atoms. The SMILES string of the molecule is CCOC(=O)COc1ccc([N+]([O-])(CC)C(=O)C(C)OC2CCN(C(=O)O)CC2)cc1. The van der Waals surface area contributed by atoms with E-state index in [-0.39, 0.29) is 31.5 Å². The van der Waals surface area contributed by atoms with E-state index in [4.69, 9.17) is 19.3 Å². The van der Waals surface area contributed by atoms with E-state index in [1.54, 1.807) is 20.8 Å². The molecule has 1 aromatic carbocycles. The number of piperidine rings is 1. The van der Waals surface area contributed by atoms with Crippen LogP contribution in [0.1, 0.15) is 33.6 Å². The summed E-state index contributed by atoms with van der Waals surface area (Å²) in [7, 11) is 0. The monoisotopic (exact) mass is 438 g/mol. The van der Waals surface area contributed by atoms with Crippen LogP contribution in [0.15, 0.2) is 24.3 Å². The number of rotatable bonds is 9. The molecule has 1 aromatic rings. The molecule has 2 amide bonds. The third kappa shape index (κ3) is 6.39.